The quantitative estimate of drug-likeness (QED) is 0.790. The third-order valence-corrected chi connectivity index (χ3v) is 3.29. The van der Waals surface area contributed by atoms with Gasteiger partial charge in [-0.05, 0) is 25.5 Å². The molecule has 2 aromatic rings. The van der Waals surface area contributed by atoms with Crippen molar-refractivity contribution in [2.24, 2.45) is 7.05 Å². The van der Waals surface area contributed by atoms with Crippen LogP contribution in [0, 0.1) is 13.8 Å². The molecule has 0 bridgehead atoms. The molecule has 0 aliphatic rings. The molecule has 2 rings (SSSR count). The molecule has 0 saturated carbocycles. The van der Waals surface area contributed by atoms with Crippen LogP contribution in [0.5, 0.6) is 0 Å². The molecule has 0 atom stereocenters. The lowest BCUT2D eigenvalue weighted by molar-refractivity contribution is 0.283. The summed E-state index contributed by atoms with van der Waals surface area (Å²) in [6, 6.07) is 4.19. The van der Waals surface area contributed by atoms with Gasteiger partial charge in [0.25, 0.3) is 0 Å². The molecule has 1 heterocycles. The van der Waals surface area contributed by atoms with Crippen molar-refractivity contribution in [2.75, 3.05) is 0 Å². The van der Waals surface area contributed by atoms with E-state index in [-0.39, 0.29) is 6.61 Å². The van der Waals surface area contributed by atoms with Crippen molar-refractivity contribution in [1.29, 1.82) is 0 Å². The van der Waals surface area contributed by atoms with Crippen molar-refractivity contribution in [2.45, 2.75) is 20.5 Å². The van der Waals surface area contributed by atoms with Crippen LogP contribution >= 0.6 is 11.6 Å². The molecule has 0 radical (unpaired) electrons. The zero-order chi connectivity index (χ0) is 11.2. The van der Waals surface area contributed by atoms with Gasteiger partial charge in [-0.15, -0.1) is 0 Å². The van der Waals surface area contributed by atoms with Gasteiger partial charge < -0.3 is 9.67 Å². The van der Waals surface area contributed by atoms with E-state index in [0.717, 1.165) is 16.5 Å². The van der Waals surface area contributed by atoms with Crippen LogP contribution in [0.2, 0.25) is 5.15 Å². The van der Waals surface area contributed by atoms with E-state index in [4.69, 9.17) is 11.6 Å². The maximum atomic E-state index is 9.31. The fraction of sp³-hybridized carbons (Fsp3) is 0.333. The summed E-state index contributed by atoms with van der Waals surface area (Å²) < 4.78 is 1.93. The number of fused-ring (bicyclic) bond motifs is 1. The summed E-state index contributed by atoms with van der Waals surface area (Å²) in [5.74, 6) is 0. The molecule has 0 aliphatic heterocycles. The van der Waals surface area contributed by atoms with Crippen molar-refractivity contribution in [3.8, 4) is 0 Å². The van der Waals surface area contributed by atoms with E-state index in [1.165, 1.54) is 11.1 Å². The Morgan fingerprint density at radius 2 is 2.00 bits per heavy atom. The van der Waals surface area contributed by atoms with Crippen molar-refractivity contribution in [3.05, 3.63) is 34.0 Å². The molecule has 1 N–H and O–H groups in total. The minimum absolute atomic E-state index is 0.0148. The van der Waals surface area contributed by atoms with Crippen LogP contribution in [0.1, 0.15) is 16.7 Å². The van der Waals surface area contributed by atoms with Crippen LogP contribution in [-0.4, -0.2) is 9.67 Å². The molecule has 2 nitrogen and oxygen atoms in total. The van der Waals surface area contributed by atoms with Gasteiger partial charge in [0.15, 0.2) is 0 Å². The molecule has 3 heteroatoms. The van der Waals surface area contributed by atoms with Gasteiger partial charge in [-0.25, -0.2) is 0 Å². The molecule has 0 unspecified atom stereocenters. The van der Waals surface area contributed by atoms with Gasteiger partial charge in [0, 0.05) is 18.0 Å². The lowest BCUT2D eigenvalue weighted by atomic mass is 10.1. The SMILES string of the molecule is Cc1cc(C)c2c(c1)c(CO)c(Cl)n2C. The Kier molecular flexibility index (Phi) is 2.49. The third kappa shape index (κ3) is 1.45. The van der Waals surface area contributed by atoms with Crippen LogP contribution in [0.4, 0.5) is 0 Å². The number of rotatable bonds is 1. The lowest BCUT2D eigenvalue weighted by Crippen LogP contribution is -1.89. The number of halogens is 1. The second-order valence-corrected chi connectivity index (χ2v) is 4.32. The minimum Gasteiger partial charge on any atom is -0.392 e. The van der Waals surface area contributed by atoms with Crippen LogP contribution < -0.4 is 0 Å². The highest BCUT2D eigenvalue weighted by Crippen LogP contribution is 2.31. The minimum atomic E-state index is -0.0148. The van der Waals surface area contributed by atoms with Crippen LogP contribution in [-0.2, 0) is 13.7 Å². The summed E-state index contributed by atoms with van der Waals surface area (Å²) in [5, 5.41) is 11.0. The molecule has 0 aliphatic carbocycles. The van der Waals surface area contributed by atoms with E-state index >= 15 is 0 Å². The summed E-state index contributed by atoms with van der Waals surface area (Å²) in [6.07, 6.45) is 0. The summed E-state index contributed by atoms with van der Waals surface area (Å²) in [4.78, 5) is 0. The standard InChI is InChI=1S/C12H14ClNO/c1-7-4-8(2)11-9(5-7)10(6-15)12(13)14(11)3/h4-5,15H,6H2,1-3H3. The number of hydrogen-bond acceptors (Lipinski definition) is 1. The molecule has 0 fully saturated rings. The number of benzene rings is 1. The van der Waals surface area contributed by atoms with Crippen molar-refractivity contribution in [3.63, 3.8) is 0 Å². The Hall–Kier alpha value is -0.990. The van der Waals surface area contributed by atoms with E-state index in [2.05, 4.69) is 26.0 Å². The second kappa shape index (κ2) is 3.54. The molecule has 0 spiro atoms. The van der Waals surface area contributed by atoms with E-state index in [1.807, 2.05) is 11.6 Å². The number of aryl methyl sites for hydroxylation is 3. The predicted molar refractivity (Wildman–Crippen MR) is 63.3 cm³/mol. The highest BCUT2D eigenvalue weighted by Gasteiger charge is 2.14. The van der Waals surface area contributed by atoms with Crippen molar-refractivity contribution in [1.82, 2.24) is 4.57 Å². The van der Waals surface area contributed by atoms with Crippen LogP contribution in [0.25, 0.3) is 10.9 Å². The zero-order valence-electron chi connectivity index (χ0n) is 9.13. The van der Waals surface area contributed by atoms with Gasteiger partial charge >= 0.3 is 0 Å². The number of aromatic nitrogens is 1. The Morgan fingerprint density at radius 1 is 1.33 bits per heavy atom. The van der Waals surface area contributed by atoms with Gasteiger partial charge in [0.2, 0.25) is 0 Å². The number of aliphatic hydroxyl groups excluding tert-OH is 1. The number of hydrogen-bond donors (Lipinski definition) is 1. The monoisotopic (exact) mass is 223 g/mol. The van der Waals surface area contributed by atoms with E-state index in [0.29, 0.717) is 5.15 Å². The first-order valence-corrected chi connectivity index (χ1v) is 5.29. The summed E-state index contributed by atoms with van der Waals surface area (Å²) in [5.41, 5.74) is 4.31. The highest BCUT2D eigenvalue weighted by molar-refractivity contribution is 6.32. The molecule has 1 aromatic carbocycles. The van der Waals surface area contributed by atoms with Crippen LogP contribution in [0.15, 0.2) is 12.1 Å². The second-order valence-electron chi connectivity index (χ2n) is 3.96. The fourth-order valence-electron chi connectivity index (χ4n) is 2.20. The van der Waals surface area contributed by atoms with Gasteiger partial charge in [0.1, 0.15) is 5.15 Å². The Labute approximate surface area is 94.1 Å². The molecular formula is C12H14ClNO. The normalized spacial score (nSPS) is 11.3. The average Bonchev–Trinajstić information content (AvgIpc) is 2.39. The predicted octanol–water partition coefficient (Wildman–Crippen LogP) is 2.94. The Balaban J connectivity index is 2.97. The summed E-state index contributed by atoms with van der Waals surface area (Å²) in [6.45, 7) is 4.10. The molecular weight excluding hydrogens is 210 g/mol. The number of aliphatic hydroxyl groups is 1. The molecule has 1 aromatic heterocycles. The first-order valence-electron chi connectivity index (χ1n) is 4.91. The number of nitrogens with zero attached hydrogens (tertiary/aromatic N) is 1. The first-order chi connectivity index (χ1) is 7.06. The topological polar surface area (TPSA) is 25.2 Å². The summed E-state index contributed by atoms with van der Waals surface area (Å²) in [7, 11) is 1.92. The van der Waals surface area contributed by atoms with E-state index < -0.39 is 0 Å². The molecule has 0 saturated heterocycles. The molecule has 15 heavy (non-hydrogen) atoms. The van der Waals surface area contributed by atoms with Crippen molar-refractivity contribution < 1.29 is 5.11 Å². The largest absolute Gasteiger partial charge is 0.392 e. The maximum absolute atomic E-state index is 9.31. The highest BCUT2D eigenvalue weighted by atomic mass is 35.5. The molecule has 0 amide bonds. The summed E-state index contributed by atoms with van der Waals surface area (Å²) >= 11 is 6.16. The Morgan fingerprint density at radius 3 is 2.60 bits per heavy atom. The van der Waals surface area contributed by atoms with Gasteiger partial charge in [-0.2, -0.15) is 0 Å². The van der Waals surface area contributed by atoms with Gasteiger partial charge in [-0.3, -0.25) is 0 Å². The van der Waals surface area contributed by atoms with Gasteiger partial charge in [0.05, 0.1) is 12.1 Å². The van der Waals surface area contributed by atoms with E-state index in [9.17, 15) is 5.11 Å². The lowest BCUT2D eigenvalue weighted by Gasteiger charge is -2.03. The van der Waals surface area contributed by atoms with Crippen molar-refractivity contribution >= 4 is 22.5 Å². The van der Waals surface area contributed by atoms with Crippen LogP contribution in [0.3, 0.4) is 0 Å². The van der Waals surface area contributed by atoms with E-state index in [1.54, 1.807) is 0 Å². The Bertz CT molecular complexity index is 528. The zero-order valence-corrected chi connectivity index (χ0v) is 9.89. The maximum Gasteiger partial charge on any atom is 0.115 e. The fourth-order valence-corrected chi connectivity index (χ4v) is 2.44. The smallest absolute Gasteiger partial charge is 0.115 e. The average molecular weight is 224 g/mol. The molecule has 80 valence electrons. The van der Waals surface area contributed by atoms with Gasteiger partial charge in [-0.1, -0.05) is 23.2 Å². The first kappa shape index (κ1) is 10.5. The third-order valence-electron chi connectivity index (χ3n) is 2.81.